The summed E-state index contributed by atoms with van der Waals surface area (Å²) >= 11 is 6.61. The van der Waals surface area contributed by atoms with E-state index in [2.05, 4.69) is 5.32 Å². The number of hydrogen-bond acceptors (Lipinski definition) is 2. The number of hydrogen-bond donors (Lipinski definition) is 1. The molecule has 1 fully saturated rings. The van der Waals surface area contributed by atoms with E-state index in [1.54, 1.807) is 4.90 Å². The highest BCUT2D eigenvalue weighted by Crippen LogP contribution is 2.49. The van der Waals surface area contributed by atoms with Crippen molar-refractivity contribution < 1.29 is 9.59 Å². The Labute approximate surface area is 177 Å². The second kappa shape index (κ2) is 8.58. The number of fused-ring (bicyclic) bond motifs is 3. The van der Waals surface area contributed by atoms with E-state index in [9.17, 15) is 9.59 Å². The second-order valence-corrected chi connectivity index (χ2v) is 8.41. The summed E-state index contributed by atoms with van der Waals surface area (Å²) in [4.78, 5) is 28.4. The summed E-state index contributed by atoms with van der Waals surface area (Å²) < 4.78 is 0. The van der Waals surface area contributed by atoms with Crippen molar-refractivity contribution in [1.29, 1.82) is 0 Å². The molecular weight excluding hydrogens is 384 g/mol. The molecule has 5 heteroatoms. The van der Waals surface area contributed by atoms with Gasteiger partial charge in [0.1, 0.15) is 6.04 Å². The molecule has 3 atom stereocenters. The third kappa shape index (κ3) is 3.78. The van der Waals surface area contributed by atoms with E-state index in [0.29, 0.717) is 18.0 Å². The molecule has 152 valence electrons. The Hall–Kier alpha value is -2.33. The molecule has 1 saturated carbocycles. The van der Waals surface area contributed by atoms with Crippen LogP contribution in [0.25, 0.3) is 0 Å². The predicted molar refractivity (Wildman–Crippen MR) is 116 cm³/mol. The molecule has 0 aromatic heterocycles. The van der Waals surface area contributed by atoms with Crippen molar-refractivity contribution in [3.63, 3.8) is 0 Å². The van der Waals surface area contributed by atoms with Gasteiger partial charge < -0.3 is 5.32 Å². The molecule has 2 aliphatic rings. The lowest BCUT2D eigenvalue weighted by Crippen LogP contribution is -2.54. The lowest BCUT2D eigenvalue weighted by atomic mass is 9.71. The summed E-state index contributed by atoms with van der Waals surface area (Å²) in [6, 6.07) is 15.0. The molecule has 1 aliphatic heterocycles. The lowest BCUT2D eigenvalue weighted by molar-refractivity contribution is -0.129. The maximum Gasteiger partial charge on any atom is 0.243 e. The summed E-state index contributed by atoms with van der Waals surface area (Å²) in [6.45, 7) is 2.41. The van der Waals surface area contributed by atoms with E-state index < -0.39 is 6.04 Å². The van der Waals surface area contributed by atoms with Crippen LogP contribution in [0.15, 0.2) is 48.5 Å². The number of amides is 2. The molecule has 0 radical (unpaired) electrons. The first kappa shape index (κ1) is 20.0. The van der Waals surface area contributed by atoms with Crippen molar-refractivity contribution in [3.05, 3.63) is 64.7 Å². The number of benzene rings is 2. The van der Waals surface area contributed by atoms with Gasteiger partial charge in [-0.15, -0.1) is 0 Å². The molecule has 1 aliphatic carbocycles. The maximum absolute atomic E-state index is 13.5. The van der Waals surface area contributed by atoms with Crippen molar-refractivity contribution in [2.24, 2.45) is 5.92 Å². The van der Waals surface area contributed by atoms with Crippen LogP contribution < -0.4 is 10.2 Å². The Bertz CT molecular complexity index is 899. The number of carbonyl (C=O) groups is 2. The van der Waals surface area contributed by atoms with Crippen molar-refractivity contribution in [1.82, 2.24) is 5.32 Å². The highest BCUT2D eigenvalue weighted by molar-refractivity contribution is 6.32. The third-order valence-electron chi connectivity index (χ3n) is 6.29. The molecule has 0 bridgehead atoms. The van der Waals surface area contributed by atoms with E-state index in [-0.39, 0.29) is 23.7 Å². The normalized spacial score (nSPS) is 21.9. The Morgan fingerprint density at radius 1 is 1.10 bits per heavy atom. The molecule has 0 unspecified atom stereocenters. The minimum atomic E-state index is -0.536. The molecule has 2 amide bonds. The molecular formula is C24H27ClN2O2. The summed E-state index contributed by atoms with van der Waals surface area (Å²) in [7, 11) is 0. The van der Waals surface area contributed by atoms with Gasteiger partial charge in [0.2, 0.25) is 11.8 Å². The highest BCUT2D eigenvalue weighted by Gasteiger charge is 2.45. The van der Waals surface area contributed by atoms with Crippen LogP contribution >= 0.6 is 11.6 Å². The standard InChI is InChI=1S/C24H27ClN2O2/c1-2-20(23(28)26-15-16-9-4-3-5-10-16)27-21-14-8-13-19(25)22(21)17-11-6-7-12-18(17)24(27)29/h3-5,8-10,13-14,17-18,20H,2,6-7,11-12,15H2,1H3,(H,26,28)/t17-,18+,20-/m0/s1. The largest absolute Gasteiger partial charge is 0.350 e. The first-order chi connectivity index (χ1) is 14.1. The number of nitrogens with one attached hydrogen (secondary N) is 1. The summed E-state index contributed by atoms with van der Waals surface area (Å²) in [5.74, 6) is 0.0456. The van der Waals surface area contributed by atoms with Gasteiger partial charge in [0, 0.05) is 23.2 Å². The Morgan fingerprint density at radius 2 is 1.83 bits per heavy atom. The second-order valence-electron chi connectivity index (χ2n) is 8.01. The Balaban J connectivity index is 1.65. The van der Waals surface area contributed by atoms with Gasteiger partial charge in [0.05, 0.1) is 0 Å². The minimum Gasteiger partial charge on any atom is -0.350 e. The van der Waals surface area contributed by atoms with Crippen LogP contribution in [0, 0.1) is 5.92 Å². The molecule has 2 aromatic rings. The van der Waals surface area contributed by atoms with Crippen LogP contribution in [-0.4, -0.2) is 17.9 Å². The number of nitrogens with zero attached hydrogens (tertiary/aromatic N) is 1. The zero-order chi connectivity index (χ0) is 20.4. The summed E-state index contributed by atoms with van der Waals surface area (Å²) in [6.07, 6.45) is 4.58. The van der Waals surface area contributed by atoms with Crippen molar-refractivity contribution in [2.45, 2.75) is 57.5 Å². The van der Waals surface area contributed by atoms with Crippen molar-refractivity contribution in [2.75, 3.05) is 4.90 Å². The number of rotatable bonds is 5. The fourth-order valence-electron chi connectivity index (χ4n) is 4.88. The smallest absolute Gasteiger partial charge is 0.243 e. The van der Waals surface area contributed by atoms with Gasteiger partial charge in [0.25, 0.3) is 0 Å². The third-order valence-corrected chi connectivity index (χ3v) is 6.62. The average molecular weight is 411 g/mol. The van der Waals surface area contributed by atoms with E-state index in [4.69, 9.17) is 11.6 Å². The quantitative estimate of drug-likeness (QED) is 0.749. The molecule has 29 heavy (non-hydrogen) atoms. The topological polar surface area (TPSA) is 49.4 Å². The van der Waals surface area contributed by atoms with Gasteiger partial charge in [-0.1, -0.05) is 67.8 Å². The summed E-state index contributed by atoms with van der Waals surface area (Å²) in [5.41, 5.74) is 2.90. The SMILES string of the molecule is CC[C@@H](C(=O)NCc1ccccc1)N1C(=O)[C@@H]2CCCC[C@@H]2c2c(Cl)cccc21. The van der Waals surface area contributed by atoms with Crippen LogP contribution in [0.4, 0.5) is 5.69 Å². The van der Waals surface area contributed by atoms with E-state index >= 15 is 0 Å². The Morgan fingerprint density at radius 3 is 2.55 bits per heavy atom. The van der Waals surface area contributed by atoms with Crippen LogP contribution in [0.2, 0.25) is 5.02 Å². The average Bonchev–Trinajstić information content (AvgIpc) is 2.75. The highest BCUT2D eigenvalue weighted by atomic mass is 35.5. The first-order valence-electron chi connectivity index (χ1n) is 10.5. The van der Waals surface area contributed by atoms with Crippen LogP contribution in [0.3, 0.4) is 0 Å². The van der Waals surface area contributed by atoms with Crippen molar-refractivity contribution >= 4 is 29.1 Å². The van der Waals surface area contributed by atoms with Gasteiger partial charge in [-0.2, -0.15) is 0 Å². The summed E-state index contributed by atoms with van der Waals surface area (Å²) in [5, 5.41) is 3.72. The van der Waals surface area contributed by atoms with Crippen molar-refractivity contribution in [3.8, 4) is 0 Å². The van der Waals surface area contributed by atoms with Gasteiger partial charge in [-0.3, -0.25) is 14.5 Å². The van der Waals surface area contributed by atoms with Gasteiger partial charge in [-0.25, -0.2) is 0 Å². The molecule has 0 saturated heterocycles. The van der Waals surface area contributed by atoms with Gasteiger partial charge >= 0.3 is 0 Å². The fourth-order valence-corrected chi connectivity index (χ4v) is 5.19. The molecule has 1 N–H and O–H groups in total. The maximum atomic E-state index is 13.5. The molecule has 1 heterocycles. The number of carbonyl (C=O) groups excluding carboxylic acids is 2. The predicted octanol–water partition coefficient (Wildman–Crippen LogP) is 5.06. The van der Waals surface area contributed by atoms with E-state index in [1.165, 1.54) is 0 Å². The van der Waals surface area contributed by atoms with Crippen LogP contribution in [0.1, 0.15) is 56.1 Å². The van der Waals surface area contributed by atoms with Gasteiger partial charge in [-0.05, 0) is 48.4 Å². The van der Waals surface area contributed by atoms with E-state index in [1.807, 2.05) is 55.5 Å². The van der Waals surface area contributed by atoms with Crippen LogP contribution in [0.5, 0.6) is 0 Å². The minimum absolute atomic E-state index is 0.0752. The first-order valence-corrected chi connectivity index (χ1v) is 10.9. The fraction of sp³-hybridized carbons (Fsp3) is 0.417. The number of anilines is 1. The van der Waals surface area contributed by atoms with Crippen LogP contribution in [-0.2, 0) is 16.1 Å². The monoisotopic (exact) mass is 410 g/mol. The Kier molecular flexibility index (Phi) is 5.91. The van der Waals surface area contributed by atoms with E-state index in [0.717, 1.165) is 42.5 Å². The molecule has 4 nitrogen and oxygen atoms in total. The molecule has 0 spiro atoms. The molecule has 2 aromatic carbocycles. The lowest BCUT2D eigenvalue weighted by Gasteiger charge is -2.44. The number of halogens is 1. The molecule has 4 rings (SSSR count). The zero-order valence-electron chi connectivity index (χ0n) is 16.7. The zero-order valence-corrected chi connectivity index (χ0v) is 17.5. The van der Waals surface area contributed by atoms with Gasteiger partial charge in [0.15, 0.2) is 0 Å².